The highest BCUT2D eigenvalue weighted by atomic mass is 35.5. The Morgan fingerprint density at radius 1 is 1.16 bits per heavy atom. The summed E-state index contributed by atoms with van der Waals surface area (Å²) in [6.07, 6.45) is 1.48. The Hall–Kier alpha value is -3.07. The Kier molecular flexibility index (Phi) is 5.62. The zero-order valence-electron chi connectivity index (χ0n) is 16.6. The number of hydrogen-bond acceptors (Lipinski definition) is 6. The van der Waals surface area contributed by atoms with Crippen molar-refractivity contribution in [3.8, 4) is 0 Å². The van der Waals surface area contributed by atoms with Crippen molar-refractivity contribution < 1.29 is 14.3 Å². The number of carbonyl (C=O) groups excluding carboxylic acids is 1. The van der Waals surface area contributed by atoms with Crippen molar-refractivity contribution in [2.24, 2.45) is 0 Å². The Balaban J connectivity index is 1.73. The van der Waals surface area contributed by atoms with Gasteiger partial charge in [-0.15, -0.1) is 0 Å². The third kappa shape index (κ3) is 4.51. The minimum absolute atomic E-state index is 0.244. The molecule has 9 heteroatoms. The number of anilines is 3. The van der Waals surface area contributed by atoms with Crippen molar-refractivity contribution in [3.05, 3.63) is 76.8 Å². The molecule has 0 saturated carbocycles. The van der Waals surface area contributed by atoms with Crippen LogP contribution >= 0.6 is 23.1 Å². The van der Waals surface area contributed by atoms with Crippen LogP contribution in [-0.2, 0) is 5.60 Å². The monoisotopic (exact) mass is 456 g/mol. The maximum atomic E-state index is 13.7. The normalized spacial score (nSPS) is 11.5. The van der Waals surface area contributed by atoms with Gasteiger partial charge in [0.05, 0.1) is 26.7 Å². The highest BCUT2D eigenvalue weighted by Crippen LogP contribution is 2.32. The first kappa shape index (κ1) is 21.2. The molecule has 0 aliphatic carbocycles. The second-order valence-corrected chi connectivity index (χ2v) is 8.62. The fraction of sp³-hybridized carbons (Fsp3) is 0.136. The van der Waals surface area contributed by atoms with Crippen molar-refractivity contribution in [1.29, 1.82) is 0 Å². The number of nitrogens with one attached hydrogen (secondary N) is 2. The van der Waals surface area contributed by atoms with E-state index < -0.39 is 17.3 Å². The van der Waals surface area contributed by atoms with E-state index in [0.29, 0.717) is 16.9 Å². The summed E-state index contributed by atoms with van der Waals surface area (Å²) in [6, 6.07) is 12.9. The number of halogens is 2. The van der Waals surface area contributed by atoms with E-state index in [0.717, 1.165) is 10.1 Å². The minimum Gasteiger partial charge on any atom is -0.386 e. The van der Waals surface area contributed by atoms with Crippen LogP contribution in [0, 0.1) is 5.82 Å². The summed E-state index contributed by atoms with van der Waals surface area (Å²) in [4.78, 5) is 17.3. The third-order valence-electron chi connectivity index (χ3n) is 4.62. The van der Waals surface area contributed by atoms with Gasteiger partial charge in [0.2, 0.25) is 0 Å². The number of benzene rings is 2. The predicted molar refractivity (Wildman–Crippen MR) is 122 cm³/mol. The van der Waals surface area contributed by atoms with Crippen molar-refractivity contribution in [1.82, 2.24) is 9.36 Å². The lowest BCUT2D eigenvalue weighted by molar-refractivity contribution is 0.0782. The summed E-state index contributed by atoms with van der Waals surface area (Å²) in [5.74, 6) is -0.659. The first-order valence-corrected chi connectivity index (χ1v) is 10.5. The molecule has 0 fully saturated rings. The van der Waals surface area contributed by atoms with Crippen LogP contribution in [0.1, 0.15) is 29.9 Å². The maximum Gasteiger partial charge on any atom is 0.276 e. The summed E-state index contributed by atoms with van der Waals surface area (Å²) in [5.41, 5.74) is 0.169. The molecule has 158 valence electrons. The molecule has 6 nitrogen and oxygen atoms in total. The Morgan fingerprint density at radius 2 is 1.94 bits per heavy atom. The fourth-order valence-corrected chi connectivity index (χ4v) is 3.88. The Morgan fingerprint density at radius 3 is 2.71 bits per heavy atom. The van der Waals surface area contributed by atoms with Crippen LogP contribution in [0.3, 0.4) is 0 Å². The molecule has 2 heterocycles. The summed E-state index contributed by atoms with van der Waals surface area (Å²) < 4.78 is 18.8. The summed E-state index contributed by atoms with van der Waals surface area (Å²) in [6.45, 7) is 3.22. The molecule has 2 aromatic heterocycles. The first-order chi connectivity index (χ1) is 14.7. The first-order valence-electron chi connectivity index (χ1n) is 9.33. The van der Waals surface area contributed by atoms with E-state index in [2.05, 4.69) is 20.0 Å². The molecular weight excluding hydrogens is 439 g/mol. The van der Waals surface area contributed by atoms with Crippen molar-refractivity contribution in [2.75, 3.05) is 10.6 Å². The highest BCUT2D eigenvalue weighted by molar-refractivity contribution is 7.13. The van der Waals surface area contributed by atoms with E-state index in [1.54, 1.807) is 19.9 Å². The number of amides is 1. The maximum absolute atomic E-state index is 13.7. The number of fused-ring (bicyclic) bond motifs is 1. The minimum atomic E-state index is -1.19. The molecule has 2 aromatic carbocycles. The molecule has 0 saturated heterocycles. The van der Waals surface area contributed by atoms with Gasteiger partial charge >= 0.3 is 0 Å². The lowest BCUT2D eigenvalue weighted by Crippen LogP contribution is -2.19. The Labute approximate surface area is 186 Å². The molecule has 0 atom stereocenters. The van der Waals surface area contributed by atoms with Gasteiger partial charge in [0.15, 0.2) is 5.82 Å². The van der Waals surface area contributed by atoms with E-state index in [-0.39, 0.29) is 16.5 Å². The van der Waals surface area contributed by atoms with Gasteiger partial charge in [-0.25, -0.2) is 9.37 Å². The molecule has 0 spiro atoms. The van der Waals surface area contributed by atoms with E-state index in [1.807, 2.05) is 24.3 Å². The van der Waals surface area contributed by atoms with Gasteiger partial charge in [0.1, 0.15) is 11.5 Å². The second-order valence-electron chi connectivity index (χ2n) is 7.41. The number of carbonyl (C=O) groups is 1. The molecule has 3 N–H and O–H groups in total. The van der Waals surface area contributed by atoms with E-state index in [9.17, 15) is 14.3 Å². The van der Waals surface area contributed by atoms with E-state index in [4.69, 9.17) is 11.6 Å². The van der Waals surface area contributed by atoms with Gasteiger partial charge in [-0.05, 0) is 55.7 Å². The summed E-state index contributed by atoms with van der Waals surface area (Å²) >= 11 is 7.39. The average Bonchev–Trinajstić information content (AvgIpc) is 3.15. The van der Waals surface area contributed by atoms with Crippen LogP contribution in [0.15, 0.2) is 54.7 Å². The zero-order valence-corrected chi connectivity index (χ0v) is 18.2. The number of nitrogens with zero attached hydrogens (tertiary/aromatic N) is 2. The molecule has 0 aliphatic heterocycles. The molecule has 4 rings (SSSR count). The lowest BCUT2D eigenvalue weighted by atomic mass is 10.00. The number of rotatable bonds is 5. The van der Waals surface area contributed by atoms with Gasteiger partial charge in [0.25, 0.3) is 5.91 Å². The van der Waals surface area contributed by atoms with Gasteiger partial charge in [0, 0.05) is 17.1 Å². The molecule has 31 heavy (non-hydrogen) atoms. The largest absolute Gasteiger partial charge is 0.386 e. The lowest BCUT2D eigenvalue weighted by Gasteiger charge is -2.20. The van der Waals surface area contributed by atoms with Gasteiger partial charge in [-0.2, -0.15) is 4.37 Å². The Bertz CT molecular complexity index is 1290. The molecule has 4 aromatic rings. The van der Waals surface area contributed by atoms with Crippen LogP contribution in [0.25, 0.3) is 10.1 Å². The van der Waals surface area contributed by atoms with E-state index in [1.165, 1.54) is 35.9 Å². The topological polar surface area (TPSA) is 87.1 Å². The molecule has 0 unspecified atom stereocenters. The van der Waals surface area contributed by atoms with Crippen LogP contribution in [-0.4, -0.2) is 20.4 Å². The molecule has 0 aliphatic rings. The van der Waals surface area contributed by atoms with Crippen molar-refractivity contribution >= 4 is 56.3 Å². The average molecular weight is 457 g/mol. The van der Waals surface area contributed by atoms with Crippen molar-refractivity contribution in [3.63, 3.8) is 0 Å². The van der Waals surface area contributed by atoms with Gasteiger partial charge in [-0.1, -0.05) is 29.8 Å². The zero-order chi connectivity index (χ0) is 22.2. The van der Waals surface area contributed by atoms with Crippen LogP contribution in [0.5, 0.6) is 0 Å². The molecule has 1 amide bonds. The highest BCUT2D eigenvalue weighted by Gasteiger charge is 2.21. The SMILES string of the molecule is CC(C)(O)c1cnc(Nc2cc(F)ccc2Cl)c(NC(=O)c2nsc3ccccc23)c1. The standard InChI is InChI=1S/C22H18ClFN4O2S/c1-22(2,30)12-9-17(20(25-11-12)26-16-10-13(24)7-8-15(16)23)27-21(29)19-14-5-3-4-6-18(14)31-28-19/h3-11,30H,1-2H3,(H,25,26)(H,27,29). The smallest absolute Gasteiger partial charge is 0.276 e. The third-order valence-corrected chi connectivity index (χ3v) is 5.77. The number of aromatic nitrogens is 2. The van der Waals surface area contributed by atoms with E-state index >= 15 is 0 Å². The van der Waals surface area contributed by atoms with Crippen LogP contribution in [0.2, 0.25) is 5.02 Å². The van der Waals surface area contributed by atoms with Crippen LogP contribution < -0.4 is 10.6 Å². The summed E-state index contributed by atoms with van der Waals surface area (Å²) in [7, 11) is 0. The molecule has 0 radical (unpaired) electrons. The number of pyridine rings is 1. The van der Waals surface area contributed by atoms with Gasteiger partial charge in [-0.3, -0.25) is 4.79 Å². The fourth-order valence-electron chi connectivity index (χ4n) is 2.95. The quantitative estimate of drug-likeness (QED) is 0.358. The molecular formula is C22H18ClFN4O2S. The predicted octanol–water partition coefficient (Wildman–Crippen LogP) is 5.71. The second kappa shape index (κ2) is 8.22. The van der Waals surface area contributed by atoms with Crippen molar-refractivity contribution in [2.45, 2.75) is 19.4 Å². The van der Waals surface area contributed by atoms with Crippen LogP contribution in [0.4, 0.5) is 21.6 Å². The number of aliphatic hydroxyl groups is 1. The molecule has 0 bridgehead atoms. The number of hydrogen-bond donors (Lipinski definition) is 3. The van der Waals surface area contributed by atoms with Gasteiger partial charge < -0.3 is 15.7 Å². The summed E-state index contributed by atoms with van der Waals surface area (Å²) in [5, 5.41) is 17.2.